The molecular weight excluding hydrogens is 342 g/mol. The Morgan fingerprint density at radius 1 is 1.37 bits per heavy atom. The molecule has 1 N–H and O–H groups in total. The van der Waals surface area contributed by atoms with E-state index >= 15 is 0 Å². The molecule has 3 aromatic rings. The summed E-state index contributed by atoms with van der Waals surface area (Å²) in [7, 11) is 0. The molecule has 0 aliphatic carbocycles. The van der Waals surface area contributed by atoms with Crippen LogP contribution in [0.1, 0.15) is 29.7 Å². The van der Waals surface area contributed by atoms with E-state index in [-0.39, 0.29) is 11.8 Å². The van der Waals surface area contributed by atoms with Crippen molar-refractivity contribution in [2.75, 3.05) is 18.0 Å². The number of furan rings is 1. The first kappa shape index (κ1) is 17.5. The summed E-state index contributed by atoms with van der Waals surface area (Å²) in [5, 5.41) is 3.99. The Morgan fingerprint density at radius 3 is 3.07 bits per heavy atom. The molecule has 0 spiro atoms. The Bertz CT molecular complexity index is 954. The Balaban J connectivity index is 1.49. The number of carbonyl (C=O) groups excluding carboxylic acids is 1. The zero-order valence-electron chi connectivity index (χ0n) is 15.6. The minimum atomic E-state index is -0.0614. The van der Waals surface area contributed by atoms with Crippen molar-refractivity contribution in [3.8, 4) is 0 Å². The van der Waals surface area contributed by atoms with Crippen molar-refractivity contribution in [3.63, 3.8) is 0 Å². The van der Waals surface area contributed by atoms with Crippen LogP contribution in [0.3, 0.4) is 0 Å². The average molecular weight is 365 g/mol. The van der Waals surface area contributed by atoms with E-state index in [0.29, 0.717) is 18.8 Å². The molecule has 1 saturated heterocycles. The first-order chi connectivity index (χ1) is 13.1. The quantitative estimate of drug-likeness (QED) is 0.765. The van der Waals surface area contributed by atoms with Gasteiger partial charge >= 0.3 is 0 Å². The lowest BCUT2D eigenvalue weighted by atomic mass is 9.96. The smallest absolute Gasteiger partial charge is 0.231 e. The molecule has 0 radical (unpaired) electrons. The molecule has 0 bridgehead atoms. The summed E-state index contributed by atoms with van der Waals surface area (Å²) in [6, 6.07) is 3.83. The van der Waals surface area contributed by atoms with E-state index in [1.165, 1.54) is 6.33 Å². The average Bonchev–Trinajstić information content (AvgIpc) is 3.01. The molecular formula is C20H23N5O2. The van der Waals surface area contributed by atoms with Gasteiger partial charge in [-0.25, -0.2) is 9.97 Å². The van der Waals surface area contributed by atoms with Gasteiger partial charge in [-0.1, -0.05) is 6.07 Å². The van der Waals surface area contributed by atoms with Crippen LogP contribution in [0.15, 0.2) is 35.3 Å². The first-order valence-electron chi connectivity index (χ1n) is 9.25. The van der Waals surface area contributed by atoms with Gasteiger partial charge in [0.25, 0.3) is 0 Å². The third kappa shape index (κ3) is 3.49. The number of nitrogens with one attached hydrogen (secondary N) is 1. The fourth-order valence-electron chi connectivity index (χ4n) is 3.62. The number of hydrogen-bond donors (Lipinski definition) is 1. The summed E-state index contributed by atoms with van der Waals surface area (Å²) in [5.74, 6) is 1.73. The lowest BCUT2D eigenvalue weighted by Gasteiger charge is -2.33. The molecule has 4 heterocycles. The highest BCUT2D eigenvalue weighted by Crippen LogP contribution is 2.32. The number of fused-ring (bicyclic) bond motifs is 1. The fourth-order valence-corrected chi connectivity index (χ4v) is 3.62. The third-order valence-corrected chi connectivity index (χ3v) is 5.23. The van der Waals surface area contributed by atoms with Crippen molar-refractivity contribution in [1.82, 2.24) is 20.3 Å². The number of aromatic nitrogens is 3. The SMILES string of the molecule is Cc1oc2ncnc(N3CCC[C@@H](C(=O)NCc4cccnc4)C3)c2c1C. The van der Waals surface area contributed by atoms with Crippen molar-refractivity contribution < 1.29 is 9.21 Å². The Kier molecular flexibility index (Phi) is 4.75. The van der Waals surface area contributed by atoms with Gasteiger partial charge in [-0.15, -0.1) is 0 Å². The van der Waals surface area contributed by atoms with Gasteiger partial charge in [-0.05, 0) is 38.3 Å². The molecule has 1 aliphatic heterocycles. The van der Waals surface area contributed by atoms with E-state index in [1.807, 2.05) is 26.0 Å². The molecule has 27 heavy (non-hydrogen) atoms. The summed E-state index contributed by atoms with van der Waals surface area (Å²) in [5.41, 5.74) is 2.67. The Hall–Kier alpha value is -2.96. The van der Waals surface area contributed by atoms with E-state index < -0.39 is 0 Å². The molecule has 0 aromatic carbocycles. The highest BCUT2D eigenvalue weighted by atomic mass is 16.3. The van der Waals surface area contributed by atoms with Crippen molar-refractivity contribution >= 4 is 22.8 Å². The van der Waals surface area contributed by atoms with E-state index in [0.717, 1.165) is 47.5 Å². The standard InChI is InChI=1S/C20H23N5O2/c1-13-14(2)27-20-17(13)18(23-12-24-20)25-8-4-6-16(11-25)19(26)22-10-15-5-3-7-21-9-15/h3,5,7,9,12,16H,4,6,8,10-11H2,1-2H3,(H,22,26)/t16-/m1/s1. The van der Waals surface area contributed by atoms with Crippen molar-refractivity contribution in [3.05, 3.63) is 47.7 Å². The van der Waals surface area contributed by atoms with Gasteiger partial charge in [0, 0.05) is 37.6 Å². The number of hydrogen-bond acceptors (Lipinski definition) is 6. The molecule has 4 rings (SSSR count). The van der Waals surface area contributed by atoms with Gasteiger partial charge in [0.15, 0.2) is 0 Å². The second-order valence-corrected chi connectivity index (χ2v) is 7.02. The molecule has 140 valence electrons. The topological polar surface area (TPSA) is 84.2 Å². The van der Waals surface area contributed by atoms with Crippen LogP contribution >= 0.6 is 0 Å². The minimum absolute atomic E-state index is 0.0614. The molecule has 3 aromatic heterocycles. The molecule has 1 fully saturated rings. The summed E-state index contributed by atoms with van der Waals surface area (Å²) >= 11 is 0. The van der Waals surface area contributed by atoms with E-state index in [9.17, 15) is 4.79 Å². The predicted molar refractivity (Wildman–Crippen MR) is 102 cm³/mol. The van der Waals surface area contributed by atoms with Gasteiger partial charge in [0.2, 0.25) is 11.6 Å². The van der Waals surface area contributed by atoms with Crippen LogP contribution in [0.4, 0.5) is 5.82 Å². The lowest BCUT2D eigenvalue weighted by molar-refractivity contribution is -0.125. The van der Waals surface area contributed by atoms with E-state index in [2.05, 4.69) is 25.2 Å². The van der Waals surface area contributed by atoms with Crippen molar-refractivity contribution in [2.24, 2.45) is 5.92 Å². The van der Waals surface area contributed by atoms with Crippen LogP contribution in [0.5, 0.6) is 0 Å². The molecule has 1 atom stereocenters. The minimum Gasteiger partial charge on any atom is -0.443 e. The van der Waals surface area contributed by atoms with Gasteiger partial charge < -0.3 is 14.6 Å². The Labute approximate surface area is 157 Å². The van der Waals surface area contributed by atoms with Crippen LogP contribution in [0, 0.1) is 19.8 Å². The lowest BCUT2D eigenvalue weighted by Crippen LogP contribution is -2.43. The largest absolute Gasteiger partial charge is 0.443 e. The van der Waals surface area contributed by atoms with E-state index in [4.69, 9.17) is 4.42 Å². The summed E-state index contributed by atoms with van der Waals surface area (Å²) in [6.07, 6.45) is 6.87. The Morgan fingerprint density at radius 2 is 2.26 bits per heavy atom. The second-order valence-electron chi connectivity index (χ2n) is 7.02. The zero-order chi connectivity index (χ0) is 18.8. The number of aryl methyl sites for hydroxylation is 2. The third-order valence-electron chi connectivity index (χ3n) is 5.23. The number of pyridine rings is 1. The molecule has 0 unspecified atom stereocenters. The van der Waals surface area contributed by atoms with E-state index in [1.54, 1.807) is 12.4 Å². The van der Waals surface area contributed by atoms with Crippen LogP contribution < -0.4 is 10.2 Å². The number of anilines is 1. The molecule has 1 amide bonds. The number of nitrogens with zero attached hydrogens (tertiary/aromatic N) is 4. The predicted octanol–water partition coefficient (Wildman–Crippen LogP) is 2.77. The maximum atomic E-state index is 12.7. The van der Waals surface area contributed by atoms with Crippen LogP contribution in [-0.4, -0.2) is 33.9 Å². The van der Waals surface area contributed by atoms with Gasteiger partial charge in [-0.3, -0.25) is 9.78 Å². The molecule has 7 heteroatoms. The maximum absolute atomic E-state index is 12.7. The maximum Gasteiger partial charge on any atom is 0.231 e. The van der Waals surface area contributed by atoms with Gasteiger partial charge in [0.05, 0.1) is 11.3 Å². The van der Waals surface area contributed by atoms with Crippen LogP contribution in [0.2, 0.25) is 0 Å². The molecule has 0 saturated carbocycles. The number of piperidine rings is 1. The monoisotopic (exact) mass is 365 g/mol. The normalized spacial score (nSPS) is 17.3. The summed E-state index contributed by atoms with van der Waals surface area (Å²) < 4.78 is 5.73. The number of amides is 1. The summed E-state index contributed by atoms with van der Waals surface area (Å²) in [4.78, 5) is 27.7. The second kappa shape index (κ2) is 7.34. The number of carbonyl (C=O) groups is 1. The highest BCUT2D eigenvalue weighted by molar-refractivity contribution is 5.90. The van der Waals surface area contributed by atoms with Gasteiger partial charge in [-0.2, -0.15) is 0 Å². The first-order valence-corrected chi connectivity index (χ1v) is 9.25. The molecule has 7 nitrogen and oxygen atoms in total. The van der Waals surface area contributed by atoms with Crippen LogP contribution in [0.25, 0.3) is 11.1 Å². The zero-order valence-corrected chi connectivity index (χ0v) is 15.6. The molecule has 1 aliphatic rings. The summed E-state index contributed by atoms with van der Waals surface area (Å²) in [6.45, 7) is 5.99. The van der Waals surface area contributed by atoms with Crippen molar-refractivity contribution in [2.45, 2.75) is 33.2 Å². The number of rotatable bonds is 4. The highest BCUT2D eigenvalue weighted by Gasteiger charge is 2.28. The fraction of sp³-hybridized carbons (Fsp3) is 0.400. The van der Waals surface area contributed by atoms with Gasteiger partial charge in [0.1, 0.15) is 17.9 Å². The van der Waals surface area contributed by atoms with Crippen LogP contribution in [-0.2, 0) is 11.3 Å². The van der Waals surface area contributed by atoms with Crippen molar-refractivity contribution in [1.29, 1.82) is 0 Å².